The molecule has 3 rings (SSSR count). The second-order valence-electron chi connectivity index (χ2n) is 5.55. The zero-order valence-corrected chi connectivity index (χ0v) is 11.6. The fourth-order valence-corrected chi connectivity index (χ4v) is 2.72. The van der Waals surface area contributed by atoms with E-state index in [2.05, 4.69) is 19.2 Å². The summed E-state index contributed by atoms with van der Waals surface area (Å²) in [5.74, 6) is 1.66. The van der Waals surface area contributed by atoms with Gasteiger partial charge in [0.1, 0.15) is 0 Å². The Labute approximate surface area is 114 Å². The molecular formula is C15H21NO3. The van der Waals surface area contributed by atoms with Crippen molar-refractivity contribution < 1.29 is 14.2 Å². The minimum atomic E-state index is 0.00621. The quantitative estimate of drug-likeness (QED) is 0.909. The lowest BCUT2D eigenvalue weighted by molar-refractivity contribution is -0.0708. The molecule has 2 unspecified atom stereocenters. The molecule has 0 spiro atoms. The molecule has 2 aliphatic rings. The predicted molar refractivity (Wildman–Crippen MR) is 73.9 cm³/mol. The molecule has 0 radical (unpaired) electrons. The van der Waals surface area contributed by atoms with Crippen LogP contribution in [0.3, 0.4) is 0 Å². The number of hydrogen-bond acceptors (Lipinski definition) is 4. The summed E-state index contributed by atoms with van der Waals surface area (Å²) in [5, 5.41) is 3.58. The summed E-state index contributed by atoms with van der Waals surface area (Å²) < 4.78 is 16.6. The Morgan fingerprint density at radius 2 is 2.16 bits per heavy atom. The summed E-state index contributed by atoms with van der Waals surface area (Å²) in [6.07, 6.45) is 3.13. The third-order valence-corrected chi connectivity index (χ3v) is 4.09. The van der Waals surface area contributed by atoms with Gasteiger partial charge in [0.05, 0.1) is 5.60 Å². The molecule has 0 aliphatic carbocycles. The maximum Gasteiger partial charge on any atom is 0.231 e. The van der Waals surface area contributed by atoms with Crippen molar-refractivity contribution in [2.75, 3.05) is 18.7 Å². The Bertz CT molecular complexity index is 463. The normalized spacial score (nSPS) is 29.3. The molecular weight excluding hydrogens is 242 g/mol. The maximum atomic E-state index is 5.87. The van der Waals surface area contributed by atoms with E-state index in [9.17, 15) is 0 Å². The van der Waals surface area contributed by atoms with Crippen LogP contribution in [0.1, 0.15) is 33.1 Å². The summed E-state index contributed by atoms with van der Waals surface area (Å²) in [4.78, 5) is 0. The molecule has 0 amide bonds. The van der Waals surface area contributed by atoms with Gasteiger partial charge in [-0.05, 0) is 38.3 Å². The lowest BCUT2D eigenvalue weighted by Gasteiger charge is -2.38. The molecule has 4 heteroatoms. The lowest BCUT2D eigenvalue weighted by Crippen LogP contribution is -2.41. The highest BCUT2D eigenvalue weighted by molar-refractivity contribution is 5.56. The molecule has 1 saturated heterocycles. The fraction of sp³-hybridized carbons (Fsp3) is 0.600. The van der Waals surface area contributed by atoms with Gasteiger partial charge in [0.15, 0.2) is 11.5 Å². The minimum Gasteiger partial charge on any atom is -0.454 e. The average Bonchev–Trinajstić information content (AvgIpc) is 2.86. The molecule has 1 fully saturated rings. The minimum absolute atomic E-state index is 0.00621. The van der Waals surface area contributed by atoms with Crippen molar-refractivity contribution >= 4 is 5.69 Å². The van der Waals surface area contributed by atoms with E-state index in [-0.39, 0.29) is 5.60 Å². The van der Waals surface area contributed by atoms with Gasteiger partial charge in [-0.1, -0.05) is 6.92 Å². The summed E-state index contributed by atoms with van der Waals surface area (Å²) in [6.45, 7) is 5.53. The van der Waals surface area contributed by atoms with Gasteiger partial charge in [0, 0.05) is 24.4 Å². The SMILES string of the molecule is CCC1(C)CC(Nc2ccc3c(c2)OCO3)CCO1. The van der Waals surface area contributed by atoms with Crippen molar-refractivity contribution in [3.8, 4) is 11.5 Å². The first-order valence-electron chi connectivity index (χ1n) is 6.99. The number of hydrogen-bond donors (Lipinski definition) is 1. The third kappa shape index (κ3) is 2.63. The number of ether oxygens (including phenoxy) is 3. The average molecular weight is 263 g/mol. The van der Waals surface area contributed by atoms with Crippen molar-refractivity contribution in [1.82, 2.24) is 0 Å². The molecule has 0 aromatic heterocycles. The molecule has 1 N–H and O–H groups in total. The van der Waals surface area contributed by atoms with Gasteiger partial charge in [0.25, 0.3) is 0 Å². The van der Waals surface area contributed by atoms with Crippen molar-refractivity contribution in [2.24, 2.45) is 0 Å². The Kier molecular flexibility index (Phi) is 3.27. The van der Waals surface area contributed by atoms with Crippen LogP contribution in [-0.4, -0.2) is 25.0 Å². The predicted octanol–water partition coefficient (Wildman–Crippen LogP) is 3.17. The fourth-order valence-electron chi connectivity index (χ4n) is 2.72. The molecule has 19 heavy (non-hydrogen) atoms. The first-order chi connectivity index (χ1) is 9.18. The second kappa shape index (κ2) is 4.93. The largest absolute Gasteiger partial charge is 0.454 e. The van der Waals surface area contributed by atoms with E-state index in [1.165, 1.54) is 0 Å². The molecule has 1 aromatic carbocycles. The van der Waals surface area contributed by atoms with E-state index in [0.29, 0.717) is 12.8 Å². The monoisotopic (exact) mass is 263 g/mol. The molecule has 2 heterocycles. The summed E-state index contributed by atoms with van der Waals surface area (Å²) in [7, 11) is 0. The van der Waals surface area contributed by atoms with Crippen LogP contribution in [0, 0.1) is 0 Å². The zero-order valence-electron chi connectivity index (χ0n) is 11.6. The van der Waals surface area contributed by atoms with Crippen molar-refractivity contribution in [3.63, 3.8) is 0 Å². The van der Waals surface area contributed by atoms with E-state index >= 15 is 0 Å². The van der Waals surface area contributed by atoms with Crippen molar-refractivity contribution in [1.29, 1.82) is 0 Å². The van der Waals surface area contributed by atoms with E-state index in [1.54, 1.807) is 0 Å². The first kappa shape index (κ1) is 12.6. The Morgan fingerprint density at radius 1 is 1.32 bits per heavy atom. The number of rotatable bonds is 3. The van der Waals surface area contributed by atoms with Gasteiger partial charge in [-0.15, -0.1) is 0 Å². The Hall–Kier alpha value is -1.42. The number of fused-ring (bicyclic) bond motifs is 1. The topological polar surface area (TPSA) is 39.7 Å². The van der Waals surface area contributed by atoms with Gasteiger partial charge >= 0.3 is 0 Å². The summed E-state index contributed by atoms with van der Waals surface area (Å²) in [5.41, 5.74) is 1.10. The Morgan fingerprint density at radius 3 is 3.00 bits per heavy atom. The number of anilines is 1. The van der Waals surface area contributed by atoms with E-state index in [1.807, 2.05) is 18.2 Å². The molecule has 2 aliphatic heterocycles. The lowest BCUT2D eigenvalue weighted by atomic mass is 9.90. The maximum absolute atomic E-state index is 5.87. The van der Waals surface area contributed by atoms with Crippen LogP contribution < -0.4 is 14.8 Å². The van der Waals surface area contributed by atoms with Crippen LogP contribution in [0.5, 0.6) is 11.5 Å². The third-order valence-electron chi connectivity index (χ3n) is 4.09. The molecule has 1 aromatic rings. The molecule has 2 atom stereocenters. The summed E-state index contributed by atoms with van der Waals surface area (Å²) in [6, 6.07) is 6.48. The van der Waals surface area contributed by atoms with Crippen LogP contribution in [0.15, 0.2) is 18.2 Å². The molecule has 0 bridgehead atoms. The van der Waals surface area contributed by atoms with Gasteiger partial charge < -0.3 is 19.5 Å². The molecule has 0 saturated carbocycles. The zero-order chi connectivity index (χ0) is 13.3. The van der Waals surface area contributed by atoms with E-state index < -0.39 is 0 Å². The van der Waals surface area contributed by atoms with Crippen molar-refractivity contribution in [3.05, 3.63) is 18.2 Å². The van der Waals surface area contributed by atoms with Gasteiger partial charge in [-0.25, -0.2) is 0 Å². The van der Waals surface area contributed by atoms with Crippen LogP contribution in [-0.2, 0) is 4.74 Å². The standard InChI is InChI=1S/C15H21NO3/c1-3-15(2)9-12(6-7-19-15)16-11-4-5-13-14(8-11)18-10-17-13/h4-5,8,12,16H,3,6-7,9-10H2,1-2H3. The molecule has 4 nitrogen and oxygen atoms in total. The smallest absolute Gasteiger partial charge is 0.231 e. The first-order valence-corrected chi connectivity index (χ1v) is 6.99. The van der Waals surface area contributed by atoms with Gasteiger partial charge in [-0.3, -0.25) is 0 Å². The Balaban J connectivity index is 1.68. The number of nitrogens with one attached hydrogen (secondary N) is 1. The second-order valence-corrected chi connectivity index (χ2v) is 5.55. The van der Waals surface area contributed by atoms with Crippen molar-refractivity contribution in [2.45, 2.75) is 44.8 Å². The van der Waals surface area contributed by atoms with Crippen LogP contribution in [0.4, 0.5) is 5.69 Å². The van der Waals surface area contributed by atoms with Crippen LogP contribution in [0.2, 0.25) is 0 Å². The highest BCUT2D eigenvalue weighted by Gasteiger charge is 2.31. The highest BCUT2D eigenvalue weighted by Crippen LogP contribution is 2.35. The van der Waals surface area contributed by atoms with Gasteiger partial charge in [-0.2, -0.15) is 0 Å². The van der Waals surface area contributed by atoms with E-state index in [0.717, 1.165) is 43.1 Å². The molecule has 104 valence electrons. The number of benzene rings is 1. The van der Waals surface area contributed by atoms with Crippen LogP contribution >= 0.6 is 0 Å². The summed E-state index contributed by atoms with van der Waals surface area (Å²) >= 11 is 0. The van der Waals surface area contributed by atoms with E-state index in [4.69, 9.17) is 14.2 Å². The highest BCUT2D eigenvalue weighted by atomic mass is 16.7. The van der Waals surface area contributed by atoms with Crippen LogP contribution in [0.25, 0.3) is 0 Å². The van der Waals surface area contributed by atoms with Gasteiger partial charge in [0.2, 0.25) is 6.79 Å².